The van der Waals surface area contributed by atoms with E-state index < -0.39 is 6.09 Å². The molecule has 74 valence electrons. The van der Waals surface area contributed by atoms with E-state index in [0.29, 0.717) is 0 Å². The van der Waals surface area contributed by atoms with Gasteiger partial charge in [-0.1, -0.05) is 16.1 Å². The summed E-state index contributed by atoms with van der Waals surface area (Å²) in [6.07, 6.45) is 3.02. The Morgan fingerprint density at radius 1 is 1.38 bits per heavy atom. The Balaban J connectivity index is 2.16. The Kier molecular flexibility index (Phi) is 4.77. The molecule has 1 fully saturated rings. The van der Waals surface area contributed by atoms with Crippen LogP contribution in [0.5, 0.6) is 0 Å². The van der Waals surface area contributed by atoms with Crippen molar-refractivity contribution in [1.82, 2.24) is 4.31 Å². The van der Waals surface area contributed by atoms with Gasteiger partial charge in [-0.2, -0.15) is 0 Å². The third-order valence-electron chi connectivity index (χ3n) is 1.76. The molecule has 1 rings (SSSR count). The first kappa shape index (κ1) is 10.5. The Bertz CT molecular complexity index is 192. The van der Waals surface area contributed by atoms with Gasteiger partial charge in [-0.05, 0) is 12.8 Å². The number of ether oxygens (including phenoxy) is 1. The second-order valence-electron chi connectivity index (χ2n) is 2.72. The lowest BCUT2D eigenvalue weighted by Gasteiger charge is -2.21. The zero-order valence-electron chi connectivity index (χ0n) is 7.60. The summed E-state index contributed by atoms with van der Waals surface area (Å²) >= 11 is 1.23. The fourth-order valence-corrected chi connectivity index (χ4v) is 1.72. The van der Waals surface area contributed by atoms with E-state index in [4.69, 9.17) is 0 Å². The second-order valence-corrected chi connectivity index (χ2v) is 3.57. The molecule has 1 aliphatic rings. The lowest BCUT2D eigenvalue weighted by atomic mass is 10.2. The Morgan fingerprint density at radius 3 is 2.69 bits per heavy atom. The van der Waals surface area contributed by atoms with Crippen LogP contribution in [-0.4, -0.2) is 30.6 Å². The van der Waals surface area contributed by atoms with Crippen molar-refractivity contribution < 1.29 is 9.53 Å². The molecule has 1 amide bonds. The Morgan fingerprint density at radius 2 is 2.08 bits per heavy atom. The van der Waals surface area contributed by atoms with Gasteiger partial charge in [0.1, 0.15) is 0 Å². The van der Waals surface area contributed by atoms with E-state index in [0.717, 1.165) is 13.1 Å². The molecule has 0 atom stereocenters. The van der Waals surface area contributed by atoms with Gasteiger partial charge in [-0.25, -0.2) is 9.10 Å². The zero-order valence-corrected chi connectivity index (χ0v) is 8.42. The molecule has 5 nitrogen and oxygen atoms in total. The predicted molar refractivity (Wildman–Crippen MR) is 50.3 cm³/mol. The summed E-state index contributed by atoms with van der Waals surface area (Å²) in [7, 11) is 1.28. The topological polar surface area (TPSA) is 54.3 Å². The van der Waals surface area contributed by atoms with Crippen molar-refractivity contribution in [3.05, 3.63) is 0 Å². The molecule has 1 heterocycles. The number of carbonyl (C=O) groups is 1. The largest absolute Gasteiger partial charge is 0.452 e. The molecule has 1 saturated heterocycles. The quantitative estimate of drug-likeness (QED) is 0.510. The van der Waals surface area contributed by atoms with Crippen molar-refractivity contribution in [1.29, 1.82) is 0 Å². The molecule has 0 bridgehead atoms. The number of methoxy groups -OCH3 is 1. The van der Waals surface area contributed by atoms with Gasteiger partial charge in [-0.15, -0.1) is 0 Å². The van der Waals surface area contributed by atoms with E-state index in [1.807, 2.05) is 0 Å². The maximum absolute atomic E-state index is 10.5. The van der Waals surface area contributed by atoms with Gasteiger partial charge >= 0.3 is 6.09 Å². The van der Waals surface area contributed by atoms with E-state index in [1.165, 1.54) is 38.5 Å². The van der Waals surface area contributed by atoms with Crippen LogP contribution in [0.4, 0.5) is 4.79 Å². The smallest absolute Gasteiger partial charge is 0.450 e. The van der Waals surface area contributed by atoms with Crippen molar-refractivity contribution in [3.8, 4) is 0 Å². The molecule has 0 saturated carbocycles. The zero-order chi connectivity index (χ0) is 9.52. The lowest BCUT2D eigenvalue weighted by Crippen LogP contribution is -2.22. The summed E-state index contributed by atoms with van der Waals surface area (Å²) in [5.74, 6) is 0. The molecule has 0 aromatic rings. The van der Waals surface area contributed by atoms with Gasteiger partial charge in [0.25, 0.3) is 0 Å². The minimum Gasteiger partial charge on any atom is -0.450 e. The third-order valence-corrected chi connectivity index (χ3v) is 2.51. The van der Waals surface area contributed by atoms with Crippen LogP contribution in [0.15, 0.2) is 9.63 Å². The van der Waals surface area contributed by atoms with Crippen LogP contribution in [0.3, 0.4) is 0 Å². The maximum atomic E-state index is 10.5. The lowest BCUT2D eigenvalue weighted by molar-refractivity contribution is 0.181. The first-order chi connectivity index (χ1) is 6.33. The fourth-order valence-electron chi connectivity index (χ4n) is 1.09. The highest BCUT2D eigenvalue weighted by atomic mass is 32.2. The molecule has 13 heavy (non-hydrogen) atoms. The summed E-state index contributed by atoms with van der Waals surface area (Å²) in [4.78, 5) is 10.5. The van der Waals surface area contributed by atoms with Gasteiger partial charge in [0, 0.05) is 13.1 Å². The minimum absolute atomic E-state index is 0.649. The monoisotopic (exact) mass is 203 g/mol. The molecule has 0 radical (unpaired) electrons. The highest BCUT2D eigenvalue weighted by Crippen LogP contribution is 2.18. The molecule has 1 aliphatic heterocycles. The molecule has 0 aliphatic carbocycles. The van der Waals surface area contributed by atoms with E-state index in [-0.39, 0.29) is 0 Å². The highest BCUT2D eigenvalue weighted by Gasteiger charge is 2.10. The number of piperidine rings is 1. The van der Waals surface area contributed by atoms with Crippen LogP contribution < -0.4 is 0 Å². The number of carbonyl (C=O) groups excluding carboxylic acids is 1. The third kappa shape index (κ3) is 4.23. The fraction of sp³-hybridized carbons (Fsp3) is 0.857. The standard InChI is InChI=1S/C7H13N3O2S/c1-12-7(11)8-9-13-10-5-3-2-4-6-10/h2-6H2,1H3. The molecule has 6 heteroatoms. The van der Waals surface area contributed by atoms with Crippen molar-refractivity contribution >= 4 is 18.2 Å². The van der Waals surface area contributed by atoms with Crippen LogP contribution in [0.25, 0.3) is 0 Å². The SMILES string of the molecule is COC(=O)N=NSN1CCCCC1. The summed E-state index contributed by atoms with van der Waals surface area (Å²) in [5.41, 5.74) is 0. The van der Waals surface area contributed by atoms with Crippen molar-refractivity contribution in [2.75, 3.05) is 20.2 Å². The van der Waals surface area contributed by atoms with Crippen LogP contribution >= 0.6 is 12.1 Å². The molecule has 0 aromatic heterocycles. The van der Waals surface area contributed by atoms with Gasteiger partial charge in [0.15, 0.2) is 0 Å². The van der Waals surface area contributed by atoms with Crippen LogP contribution in [0.1, 0.15) is 19.3 Å². The highest BCUT2D eigenvalue weighted by molar-refractivity contribution is 7.95. The molecular formula is C7H13N3O2S. The summed E-state index contributed by atoms with van der Waals surface area (Å²) in [6.45, 7) is 2.04. The average molecular weight is 203 g/mol. The molecule has 0 aromatic carbocycles. The number of rotatable bonds is 2. The summed E-state index contributed by atoms with van der Waals surface area (Å²) in [6, 6.07) is 0. The maximum Gasteiger partial charge on any atom is 0.452 e. The predicted octanol–water partition coefficient (Wildman–Crippen LogP) is 2.25. The van der Waals surface area contributed by atoms with Crippen LogP contribution in [0, 0.1) is 0 Å². The van der Waals surface area contributed by atoms with E-state index in [2.05, 4.69) is 18.7 Å². The van der Waals surface area contributed by atoms with E-state index in [1.54, 1.807) is 0 Å². The van der Waals surface area contributed by atoms with Gasteiger partial charge in [0.05, 0.1) is 19.2 Å². The average Bonchev–Trinajstić information content (AvgIpc) is 2.19. The molecule has 0 unspecified atom stereocenters. The van der Waals surface area contributed by atoms with Crippen molar-refractivity contribution in [2.24, 2.45) is 9.63 Å². The van der Waals surface area contributed by atoms with Crippen LogP contribution in [-0.2, 0) is 4.74 Å². The van der Waals surface area contributed by atoms with Gasteiger partial charge < -0.3 is 4.74 Å². The van der Waals surface area contributed by atoms with E-state index >= 15 is 0 Å². The number of hydrogen-bond acceptors (Lipinski definition) is 5. The van der Waals surface area contributed by atoms with Crippen LogP contribution in [0.2, 0.25) is 0 Å². The number of nitrogens with zero attached hydrogens (tertiary/aromatic N) is 3. The number of amides is 1. The van der Waals surface area contributed by atoms with Crippen molar-refractivity contribution in [2.45, 2.75) is 19.3 Å². The molecule has 0 spiro atoms. The summed E-state index contributed by atoms with van der Waals surface area (Å²) in [5, 5.41) is 3.32. The van der Waals surface area contributed by atoms with Crippen molar-refractivity contribution in [3.63, 3.8) is 0 Å². The minimum atomic E-state index is -0.649. The first-order valence-electron chi connectivity index (χ1n) is 4.24. The van der Waals surface area contributed by atoms with E-state index in [9.17, 15) is 4.79 Å². The Hall–Kier alpha value is -0.620. The summed E-state index contributed by atoms with van der Waals surface area (Å²) < 4.78 is 10.1. The normalized spacial score (nSPS) is 19.2. The first-order valence-corrected chi connectivity index (χ1v) is 4.97. The Labute approximate surface area is 81.8 Å². The van der Waals surface area contributed by atoms with Gasteiger partial charge in [-0.3, -0.25) is 0 Å². The second kappa shape index (κ2) is 5.93. The molecular weight excluding hydrogens is 190 g/mol. The number of hydrogen-bond donors (Lipinski definition) is 0. The van der Waals surface area contributed by atoms with Gasteiger partial charge in [0.2, 0.25) is 0 Å². The molecule has 0 N–H and O–H groups in total.